The van der Waals surface area contributed by atoms with Crippen LogP contribution in [0.4, 0.5) is 0 Å². The summed E-state index contributed by atoms with van der Waals surface area (Å²) in [5.74, 6) is -0.193. The monoisotopic (exact) mass is 334 g/mol. The minimum absolute atomic E-state index is 0.587. The van der Waals surface area contributed by atoms with Crippen LogP contribution in [0.3, 0.4) is 0 Å². The average molecular weight is 335 g/mol. The van der Waals surface area contributed by atoms with Gasteiger partial charge in [0.2, 0.25) is 0 Å². The van der Waals surface area contributed by atoms with Crippen LogP contribution in [0.2, 0.25) is 0 Å². The van der Waals surface area contributed by atoms with Gasteiger partial charge in [0.1, 0.15) is 11.2 Å². The Morgan fingerprint density at radius 1 is 1.45 bits per heavy atom. The SMILES string of the molecule is Cc1[nH]c(C2(C(=O)O)CCC2)nc1-c1cccc(Br)c1. The summed E-state index contributed by atoms with van der Waals surface area (Å²) in [6.07, 6.45) is 2.26. The Morgan fingerprint density at radius 2 is 2.20 bits per heavy atom. The summed E-state index contributed by atoms with van der Waals surface area (Å²) >= 11 is 3.45. The summed E-state index contributed by atoms with van der Waals surface area (Å²) in [6.45, 7) is 1.93. The zero-order valence-electron chi connectivity index (χ0n) is 11.1. The largest absolute Gasteiger partial charge is 0.480 e. The molecule has 5 heteroatoms. The van der Waals surface area contributed by atoms with Gasteiger partial charge in [0.25, 0.3) is 0 Å². The molecule has 1 aliphatic rings. The van der Waals surface area contributed by atoms with Crippen LogP contribution >= 0.6 is 15.9 Å². The number of imidazole rings is 1. The van der Waals surface area contributed by atoms with Crippen molar-refractivity contribution in [3.8, 4) is 11.3 Å². The highest BCUT2D eigenvalue weighted by Gasteiger charge is 2.48. The number of aryl methyl sites for hydroxylation is 1. The van der Waals surface area contributed by atoms with Gasteiger partial charge in [-0.15, -0.1) is 0 Å². The molecule has 2 N–H and O–H groups in total. The van der Waals surface area contributed by atoms with Crippen molar-refractivity contribution in [2.75, 3.05) is 0 Å². The lowest BCUT2D eigenvalue weighted by Crippen LogP contribution is -2.43. The molecule has 1 aliphatic carbocycles. The second kappa shape index (κ2) is 4.74. The predicted molar refractivity (Wildman–Crippen MR) is 79.6 cm³/mol. The Labute approximate surface area is 125 Å². The molecule has 0 saturated heterocycles. The standard InChI is InChI=1S/C15H15BrN2O2/c1-9-12(10-4-2-5-11(16)8-10)18-13(17-9)15(14(19)20)6-3-7-15/h2,4-5,8H,3,6-7H2,1H3,(H,17,18)(H,19,20). The van der Waals surface area contributed by atoms with E-state index in [0.717, 1.165) is 27.8 Å². The first-order chi connectivity index (χ1) is 9.53. The van der Waals surface area contributed by atoms with Crippen molar-refractivity contribution < 1.29 is 9.90 Å². The van der Waals surface area contributed by atoms with Gasteiger partial charge < -0.3 is 10.1 Å². The van der Waals surface area contributed by atoms with Crippen LogP contribution in [0, 0.1) is 6.92 Å². The van der Waals surface area contributed by atoms with E-state index in [4.69, 9.17) is 0 Å². The minimum Gasteiger partial charge on any atom is -0.480 e. The van der Waals surface area contributed by atoms with Crippen LogP contribution < -0.4 is 0 Å². The number of aromatic amines is 1. The lowest BCUT2D eigenvalue weighted by Gasteiger charge is -2.35. The Kier molecular flexibility index (Phi) is 3.17. The number of halogens is 1. The molecule has 1 heterocycles. The van der Waals surface area contributed by atoms with Crippen LogP contribution in [-0.2, 0) is 10.2 Å². The molecule has 4 nitrogen and oxygen atoms in total. The summed E-state index contributed by atoms with van der Waals surface area (Å²) in [7, 11) is 0. The number of carboxylic acid groups (broad SMARTS) is 1. The maximum atomic E-state index is 11.5. The Morgan fingerprint density at radius 3 is 2.75 bits per heavy atom. The third kappa shape index (κ3) is 1.97. The van der Waals surface area contributed by atoms with Crippen molar-refractivity contribution in [3.05, 3.63) is 40.3 Å². The van der Waals surface area contributed by atoms with Crippen LogP contribution in [0.15, 0.2) is 28.7 Å². The van der Waals surface area contributed by atoms with E-state index in [9.17, 15) is 9.90 Å². The zero-order valence-corrected chi connectivity index (χ0v) is 12.7. The van der Waals surface area contributed by atoms with Gasteiger partial charge in [0.15, 0.2) is 0 Å². The third-order valence-corrected chi connectivity index (χ3v) is 4.55. The number of H-pyrrole nitrogens is 1. The number of hydrogen-bond acceptors (Lipinski definition) is 2. The van der Waals surface area contributed by atoms with E-state index in [1.54, 1.807) is 0 Å². The van der Waals surface area contributed by atoms with Crippen molar-refractivity contribution in [1.29, 1.82) is 0 Å². The molecule has 0 amide bonds. The zero-order chi connectivity index (χ0) is 14.3. The van der Waals surface area contributed by atoms with Gasteiger partial charge >= 0.3 is 5.97 Å². The molecule has 0 unspecified atom stereocenters. The number of aliphatic carboxylic acids is 1. The second-order valence-corrected chi connectivity index (χ2v) is 6.23. The Balaban J connectivity index is 2.06. The van der Waals surface area contributed by atoms with Crippen molar-refractivity contribution in [2.45, 2.75) is 31.6 Å². The maximum Gasteiger partial charge on any atom is 0.317 e. The Hall–Kier alpha value is -1.62. The van der Waals surface area contributed by atoms with Crippen LogP contribution in [0.5, 0.6) is 0 Å². The lowest BCUT2D eigenvalue weighted by molar-refractivity contribution is -0.147. The molecule has 0 bridgehead atoms. The van der Waals surface area contributed by atoms with E-state index >= 15 is 0 Å². The van der Waals surface area contributed by atoms with Gasteiger partial charge in [0, 0.05) is 15.7 Å². The number of aromatic nitrogens is 2. The molecule has 20 heavy (non-hydrogen) atoms. The third-order valence-electron chi connectivity index (χ3n) is 4.05. The highest BCUT2D eigenvalue weighted by molar-refractivity contribution is 9.10. The molecule has 1 aromatic heterocycles. The molecule has 1 fully saturated rings. The molecule has 0 radical (unpaired) electrons. The summed E-state index contributed by atoms with van der Waals surface area (Å²) in [5.41, 5.74) is 1.91. The molecular weight excluding hydrogens is 320 g/mol. The fraction of sp³-hybridized carbons (Fsp3) is 0.333. The van der Waals surface area contributed by atoms with Crippen molar-refractivity contribution in [3.63, 3.8) is 0 Å². The van der Waals surface area contributed by atoms with Gasteiger partial charge in [-0.25, -0.2) is 4.98 Å². The summed E-state index contributed by atoms with van der Waals surface area (Å²) in [4.78, 5) is 19.3. The van der Waals surface area contributed by atoms with E-state index in [0.29, 0.717) is 18.7 Å². The van der Waals surface area contributed by atoms with E-state index in [-0.39, 0.29) is 0 Å². The molecule has 1 saturated carbocycles. The second-order valence-electron chi connectivity index (χ2n) is 5.31. The molecule has 0 spiro atoms. The van der Waals surface area contributed by atoms with Crippen molar-refractivity contribution >= 4 is 21.9 Å². The van der Waals surface area contributed by atoms with Gasteiger partial charge in [0.05, 0.1) is 5.69 Å². The van der Waals surface area contributed by atoms with E-state index in [1.165, 1.54) is 0 Å². The highest BCUT2D eigenvalue weighted by atomic mass is 79.9. The number of hydrogen-bond donors (Lipinski definition) is 2. The number of carbonyl (C=O) groups is 1. The predicted octanol–water partition coefficient (Wildman–Crippen LogP) is 3.65. The normalized spacial score (nSPS) is 16.7. The van der Waals surface area contributed by atoms with Crippen LogP contribution in [0.1, 0.15) is 30.8 Å². The molecule has 2 aromatic rings. The van der Waals surface area contributed by atoms with Crippen LogP contribution in [0.25, 0.3) is 11.3 Å². The number of carboxylic acids is 1. The Bertz CT molecular complexity index is 674. The van der Waals surface area contributed by atoms with Crippen molar-refractivity contribution in [1.82, 2.24) is 9.97 Å². The first-order valence-electron chi connectivity index (χ1n) is 6.59. The van der Waals surface area contributed by atoms with Gasteiger partial charge in [-0.1, -0.05) is 34.5 Å². The minimum atomic E-state index is -0.810. The first-order valence-corrected chi connectivity index (χ1v) is 7.39. The molecule has 1 aromatic carbocycles. The molecular formula is C15H15BrN2O2. The van der Waals surface area contributed by atoms with E-state index < -0.39 is 11.4 Å². The number of nitrogens with one attached hydrogen (secondary N) is 1. The number of nitrogens with zero attached hydrogens (tertiary/aromatic N) is 1. The summed E-state index contributed by atoms with van der Waals surface area (Å²) < 4.78 is 0.982. The first kappa shape index (κ1) is 13.4. The van der Waals surface area contributed by atoms with E-state index in [1.807, 2.05) is 31.2 Å². The maximum absolute atomic E-state index is 11.5. The van der Waals surface area contributed by atoms with Gasteiger partial charge in [-0.2, -0.15) is 0 Å². The highest BCUT2D eigenvalue weighted by Crippen LogP contribution is 2.43. The van der Waals surface area contributed by atoms with Gasteiger partial charge in [-0.3, -0.25) is 4.79 Å². The molecule has 3 rings (SSSR count). The van der Waals surface area contributed by atoms with Crippen molar-refractivity contribution in [2.24, 2.45) is 0 Å². The fourth-order valence-electron chi connectivity index (χ4n) is 2.69. The van der Waals surface area contributed by atoms with Crippen LogP contribution in [-0.4, -0.2) is 21.0 Å². The van der Waals surface area contributed by atoms with E-state index in [2.05, 4.69) is 25.9 Å². The molecule has 0 aliphatic heterocycles. The molecule has 104 valence electrons. The molecule has 0 atom stereocenters. The smallest absolute Gasteiger partial charge is 0.317 e. The lowest BCUT2D eigenvalue weighted by atomic mass is 9.68. The average Bonchev–Trinajstić information content (AvgIpc) is 2.69. The fourth-order valence-corrected chi connectivity index (χ4v) is 3.09. The quantitative estimate of drug-likeness (QED) is 0.900. The summed E-state index contributed by atoms with van der Waals surface area (Å²) in [6, 6.07) is 7.87. The number of rotatable bonds is 3. The van der Waals surface area contributed by atoms with Gasteiger partial charge in [-0.05, 0) is 31.9 Å². The number of benzene rings is 1. The summed E-state index contributed by atoms with van der Waals surface area (Å²) in [5, 5.41) is 9.48. The topological polar surface area (TPSA) is 66.0 Å².